The topological polar surface area (TPSA) is 46.6 Å². The second-order valence-corrected chi connectivity index (χ2v) is 9.52. The number of fused-ring (bicyclic) bond motifs is 1. The van der Waals surface area contributed by atoms with Crippen LogP contribution in [0.3, 0.4) is 0 Å². The van der Waals surface area contributed by atoms with E-state index in [9.17, 15) is 9.59 Å². The van der Waals surface area contributed by atoms with Crippen LogP contribution in [0.5, 0.6) is 5.75 Å². The summed E-state index contributed by atoms with van der Waals surface area (Å²) in [5.74, 6) is 2.38. The first kappa shape index (κ1) is 18.2. The van der Waals surface area contributed by atoms with Crippen molar-refractivity contribution >= 4 is 46.9 Å². The second kappa shape index (κ2) is 8.25. The number of carbonyl (C=O) groups is 2. The number of rotatable bonds is 3. The molecule has 0 amide bonds. The average Bonchev–Trinajstić information content (AvgIpc) is 3.17. The number of nitrogens with zero attached hydrogens (tertiary/aromatic N) is 1. The normalized spacial score (nSPS) is 23.8. The monoisotopic (exact) mass is 405 g/mol. The highest BCUT2D eigenvalue weighted by Crippen LogP contribution is 2.43. The van der Waals surface area contributed by atoms with Gasteiger partial charge in [-0.1, -0.05) is 35.7 Å². The van der Waals surface area contributed by atoms with E-state index in [1.165, 1.54) is 23.5 Å². The highest BCUT2D eigenvalue weighted by atomic mass is 32.2. The van der Waals surface area contributed by atoms with E-state index >= 15 is 0 Å². The predicted octanol–water partition coefficient (Wildman–Crippen LogP) is 3.80. The molecule has 4 nitrogen and oxygen atoms in total. The van der Waals surface area contributed by atoms with Crippen LogP contribution in [0.4, 0.5) is 0 Å². The van der Waals surface area contributed by atoms with Gasteiger partial charge in [0.25, 0.3) is 0 Å². The summed E-state index contributed by atoms with van der Waals surface area (Å²) in [6, 6.07) is 7.18. The van der Waals surface area contributed by atoms with Gasteiger partial charge in [0.05, 0.1) is 15.4 Å². The van der Waals surface area contributed by atoms with Gasteiger partial charge in [-0.3, -0.25) is 9.59 Å². The molecular formula is C19H19NO3S3. The van der Waals surface area contributed by atoms with Crippen molar-refractivity contribution in [2.45, 2.75) is 12.5 Å². The van der Waals surface area contributed by atoms with Gasteiger partial charge in [-0.2, -0.15) is 11.8 Å². The van der Waals surface area contributed by atoms with Crippen molar-refractivity contribution in [1.29, 1.82) is 0 Å². The number of ether oxygens (including phenoxy) is 1. The lowest BCUT2D eigenvalue weighted by molar-refractivity contribution is -0.121. The Morgan fingerprint density at radius 2 is 1.81 bits per heavy atom. The average molecular weight is 406 g/mol. The first-order valence-corrected chi connectivity index (χ1v) is 11.5. The van der Waals surface area contributed by atoms with Gasteiger partial charge in [0.15, 0.2) is 6.10 Å². The maximum atomic E-state index is 13.2. The highest BCUT2D eigenvalue weighted by molar-refractivity contribution is 8.27. The van der Waals surface area contributed by atoms with E-state index in [0.717, 1.165) is 35.4 Å². The number of carbonyl (C=O) groups excluding carboxylic acids is 2. The summed E-state index contributed by atoms with van der Waals surface area (Å²) < 4.78 is 6.81. The van der Waals surface area contributed by atoms with Crippen molar-refractivity contribution in [3.8, 4) is 5.75 Å². The molecule has 136 valence electrons. The molecule has 3 heterocycles. The molecule has 4 rings (SSSR count). The first-order chi connectivity index (χ1) is 12.7. The Morgan fingerprint density at radius 1 is 1.08 bits per heavy atom. The zero-order valence-corrected chi connectivity index (χ0v) is 16.6. The molecule has 1 saturated heterocycles. The van der Waals surface area contributed by atoms with Crippen molar-refractivity contribution in [2.24, 2.45) is 0 Å². The number of Topliss-reactive ketones (excluding diaryl/α,β-unsaturated/α-hetero) is 2. The molecule has 0 aromatic heterocycles. The van der Waals surface area contributed by atoms with Crippen molar-refractivity contribution < 1.29 is 14.3 Å². The van der Waals surface area contributed by atoms with Gasteiger partial charge in [-0.25, -0.2) is 0 Å². The lowest BCUT2D eigenvalue weighted by atomic mass is 9.98. The van der Waals surface area contributed by atoms with Gasteiger partial charge in [0.2, 0.25) is 11.6 Å². The van der Waals surface area contributed by atoms with E-state index in [1.54, 1.807) is 12.1 Å². The summed E-state index contributed by atoms with van der Waals surface area (Å²) in [5, 5.41) is 3.82. The van der Waals surface area contributed by atoms with Crippen molar-refractivity contribution in [2.75, 3.05) is 31.1 Å². The summed E-state index contributed by atoms with van der Waals surface area (Å²) in [7, 11) is 0. The summed E-state index contributed by atoms with van der Waals surface area (Å²) in [5.41, 5.74) is 0.766. The summed E-state index contributed by atoms with van der Waals surface area (Å²) in [4.78, 5) is 28.6. The van der Waals surface area contributed by atoms with Crippen molar-refractivity contribution in [3.05, 3.63) is 50.5 Å². The fourth-order valence-corrected chi connectivity index (χ4v) is 6.05. The maximum absolute atomic E-state index is 13.2. The summed E-state index contributed by atoms with van der Waals surface area (Å²) in [6.45, 7) is 2.91. The minimum Gasteiger partial charge on any atom is -0.481 e. The quantitative estimate of drug-likeness (QED) is 0.560. The Labute approximate surface area is 165 Å². The van der Waals surface area contributed by atoms with E-state index < -0.39 is 6.10 Å². The zero-order valence-electron chi connectivity index (χ0n) is 14.2. The van der Waals surface area contributed by atoms with E-state index in [2.05, 4.69) is 4.90 Å². The van der Waals surface area contributed by atoms with Gasteiger partial charge in [-0.05, 0) is 22.9 Å². The van der Waals surface area contributed by atoms with Crippen LogP contribution in [-0.4, -0.2) is 53.7 Å². The Balaban J connectivity index is 1.62. The maximum Gasteiger partial charge on any atom is 0.208 e. The molecule has 0 spiro atoms. The molecular weight excluding hydrogens is 386 g/mol. The van der Waals surface area contributed by atoms with Crippen LogP contribution in [0.15, 0.2) is 44.9 Å². The van der Waals surface area contributed by atoms with Crippen LogP contribution in [0, 0.1) is 0 Å². The molecule has 7 heteroatoms. The number of hydrogen-bond acceptors (Lipinski definition) is 7. The third kappa shape index (κ3) is 3.76. The summed E-state index contributed by atoms with van der Waals surface area (Å²) >= 11 is 4.85. The van der Waals surface area contributed by atoms with Gasteiger partial charge >= 0.3 is 0 Å². The SMILES string of the molecule is O=C1C(=C2SC=CS2)C(=O)C(CCN2CCSCC2)Oc2ccccc21. The molecule has 1 fully saturated rings. The molecule has 26 heavy (non-hydrogen) atoms. The fourth-order valence-electron chi connectivity index (χ4n) is 3.20. The molecule has 0 bridgehead atoms. The zero-order chi connectivity index (χ0) is 17.9. The summed E-state index contributed by atoms with van der Waals surface area (Å²) in [6.07, 6.45) is -0.00790. The number of hydrogen-bond donors (Lipinski definition) is 0. The Kier molecular flexibility index (Phi) is 5.78. The molecule has 3 aliphatic heterocycles. The molecule has 1 aromatic carbocycles. The number of ketones is 2. The number of benzene rings is 1. The molecule has 0 N–H and O–H groups in total. The van der Waals surface area contributed by atoms with Gasteiger partial charge < -0.3 is 9.64 Å². The van der Waals surface area contributed by atoms with Crippen LogP contribution in [-0.2, 0) is 4.79 Å². The number of thioether (sulfide) groups is 3. The van der Waals surface area contributed by atoms with Gasteiger partial charge in [0.1, 0.15) is 5.75 Å². The minimum atomic E-state index is -0.610. The van der Waals surface area contributed by atoms with Crippen molar-refractivity contribution in [1.82, 2.24) is 4.90 Å². The fraction of sp³-hybridized carbons (Fsp3) is 0.368. The molecule has 3 aliphatic rings. The lowest BCUT2D eigenvalue weighted by Gasteiger charge is -2.27. The standard InChI is InChI=1S/C19H19NO3S3/c21-17-13-3-1-2-4-14(13)23-15(5-6-20-7-9-24-10-8-20)18(22)16(17)19-25-11-12-26-19/h1-4,11-12,15H,5-10H2. The van der Waals surface area contributed by atoms with Gasteiger partial charge in [-0.15, -0.1) is 0 Å². The second-order valence-electron chi connectivity index (χ2n) is 6.21. The largest absolute Gasteiger partial charge is 0.481 e. The minimum absolute atomic E-state index is 0.184. The Morgan fingerprint density at radius 3 is 2.58 bits per heavy atom. The molecule has 0 saturated carbocycles. The van der Waals surface area contributed by atoms with E-state index in [-0.39, 0.29) is 17.1 Å². The highest BCUT2D eigenvalue weighted by Gasteiger charge is 2.37. The first-order valence-electron chi connectivity index (χ1n) is 8.61. The predicted molar refractivity (Wildman–Crippen MR) is 110 cm³/mol. The van der Waals surface area contributed by atoms with Crippen LogP contribution < -0.4 is 4.74 Å². The molecule has 1 aromatic rings. The molecule has 0 radical (unpaired) electrons. The number of para-hydroxylation sites is 1. The third-order valence-corrected chi connectivity index (χ3v) is 7.66. The molecule has 0 aliphatic carbocycles. The smallest absolute Gasteiger partial charge is 0.208 e. The van der Waals surface area contributed by atoms with Crippen LogP contribution >= 0.6 is 35.3 Å². The lowest BCUT2D eigenvalue weighted by Crippen LogP contribution is -2.38. The molecule has 1 atom stereocenters. The van der Waals surface area contributed by atoms with Crippen LogP contribution in [0.1, 0.15) is 16.8 Å². The van der Waals surface area contributed by atoms with Crippen molar-refractivity contribution in [3.63, 3.8) is 0 Å². The van der Waals surface area contributed by atoms with E-state index in [0.29, 0.717) is 17.7 Å². The molecule has 1 unspecified atom stereocenters. The van der Waals surface area contributed by atoms with Gasteiger partial charge in [0, 0.05) is 37.6 Å². The Hall–Kier alpha value is -1.15. The third-order valence-electron chi connectivity index (χ3n) is 4.59. The van der Waals surface area contributed by atoms with Crippen LogP contribution in [0.25, 0.3) is 0 Å². The Bertz CT molecular complexity index is 774. The van der Waals surface area contributed by atoms with Crippen LogP contribution in [0.2, 0.25) is 0 Å². The van der Waals surface area contributed by atoms with E-state index in [1.807, 2.05) is 34.7 Å². The van der Waals surface area contributed by atoms with E-state index in [4.69, 9.17) is 4.74 Å².